The van der Waals surface area contributed by atoms with E-state index in [0.29, 0.717) is 18.7 Å². The largest absolute Gasteiger partial charge is 0.451 e. The van der Waals surface area contributed by atoms with E-state index in [1.165, 1.54) is 0 Å². The van der Waals surface area contributed by atoms with Crippen molar-refractivity contribution in [3.63, 3.8) is 0 Å². The molecule has 0 atom stereocenters. The smallest absolute Gasteiger partial charge is 0.287 e. The van der Waals surface area contributed by atoms with Gasteiger partial charge in [-0.1, -0.05) is 18.2 Å². The number of benzene rings is 1. The number of rotatable bonds is 3. The number of hydrogen-bond donors (Lipinski definition) is 1. The van der Waals surface area contributed by atoms with E-state index in [1.54, 1.807) is 13.0 Å². The number of carbonyl (C=O) groups excluding carboxylic acids is 1. The molecular formula is C14H13NO2. The van der Waals surface area contributed by atoms with Crippen molar-refractivity contribution in [2.24, 2.45) is 0 Å². The molecule has 0 aliphatic carbocycles. The van der Waals surface area contributed by atoms with E-state index in [-0.39, 0.29) is 5.91 Å². The second-order valence-electron chi connectivity index (χ2n) is 3.58. The Labute approximate surface area is 99.8 Å². The topological polar surface area (TPSA) is 42.2 Å². The van der Waals surface area contributed by atoms with Crippen LogP contribution in [0, 0.1) is 11.8 Å². The van der Waals surface area contributed by atoms with Crippen LogP contribution in [0.5, 0.6) is 0 Å². The average molecular weight is 227 g/mol. The third-order valence-electron chi connectivity index (χ3n) is 2.36. The molecule has 0 saturated heterocycles. The van der Waals surface area contributed by atoms with Crippen molar-refractivity contribution in [2.75, 3.05) is 6.54 Å². The Bertz CT molecular complexity index is 554. The number of para-hydroxylation sites is 1. The zero-order chi connectivity index (χ0) is 12.1. The lowest BCUT2D eigenvalue weighted by Crippen LogP contribution is -2.23. The summed E-state index contributed by atoms with van der Waals surface area (Å²) in [6, 6.07) is 9.30. The van der Waals surface area contributed by atoms with Gasteiger partial charge in [-0.2, -0.15) is 0 Å². The van der Waals surface area contributed by atoms with Gasteiger partial charge in [-0.25, -0.2) is 0 Å². The molecule has 0 unspecified atom stereocenters. The molecule has 0 fully saturated rings. The van der Waals surface area contributed by atoms with Crippen LogP contribution in [0.2, 0.25) is 0 Å². The summed E-state index contributed by atoms with van der Waals surface area (Å²) < 4.78 is 5.44. The lowest BCUT2D eigenvalue weighted by molar-refractivity contribution is 0.0929. The van der Waals surface area contributed by atoms with Gasteiger partial charge in [0.15, 0.2) is 5.76 Å². The second-order valence-corrected chi connectivity index (χ2v) is 3.58. The summed E-state index contributed by atoms with van der Waals surface area (Å²) in [5, 5.41) is 3.70. The summed E-state index contributed by atoms with van der Waals surface area (Å²) in [6.45, 7) is 2.32. The molecule has 0 bridgehead atoms. The summed E-state index contributed by atoms with van der Waals surface area (Å²) in [5.41, 5.74) is 0.728. The Balaban J connectivity index is 2.05. The van der Waals surface area contributed by atoms with Crippen LogP contribution >= 0.6 is 0 Å². The van der Waals surface area contributed by atoms with Crippen molar-refractivity contribution >= 4 is 16.9 Å². The first-order valence-electron chi connectivity index (χ1n) is 5.47. The van der Waals surface area contributed by atoms with Gasteiger partial charge < -0.3 is 9.73 Å². The van der Waals surface area contributed by atoms with Crippen molar-refractivity contribution in [3.05, 3.63) is 36.1 Å². The molecule has 0 aliphatic heterocycles. The summed E-state index contributed by atoms with van der Waals surface area (Å²) >= 11 is 0. The molecular weight excluding hydrogens is 214 g/mol. The molecule has 3 heteroatoms. The molecule has 1 aromatic heterocycles. The molecule has 2 rings (SSSR count). The van der Waals surface area contributed by atoms with Gasteiger partial charge in [0.05, 0.1) is 0 Å². The van der Waals surface area contributed by atoms with Gasteiger partial charge in [0.25, 0.3) is 5.91 Å². The van der Waals surface area contributed by atoms with Gasteiger partial charge in [0, 0.05) is 18.4 Å². The molecule has 1 heterocycles. The third-order valence-corrected chi connectivity index (χ3v) is 2.36. The van der Waals surface area contributed by atoms with Crippen LogP contribution in [0.3, 0.4) is 0 Å². The predicted octanol–water partition coefficient (Wildman–Crippen LogP) is 2.58. The van der Waals surface area contributed by atoms with Crippen molar-refractivity contribution in [1.29, 1.82) is 0 Å². The first kappa shape index (κ1) is 11.3. The predicted molar refractivity (Wildman–Crippen MR) is 66.6 cm³/mol. The monoisotopic (exact) mass is 227 g/mol. The Morgan fingerprint density at radius 1 is 1.41 bits per heavy atom. The van der Waals surface area contributed by atoms with E-state index in [0.717, 1.165) is 11.0 Å². The standard InChI is InChI=1S/C14H13NO2/c1-2-3-6-9-15-14(16)13-10-11-7-4-5-8-12(11)17-13/h4-5,7-8,10H,6,9H2,1H3,(H,15,16). The van der Waals surface area contributed by atoms with Crippen LogP contribution in [-0.2, 0) is 0 Å². The maximum atomic E-state index is 11.7. The Hall–Kier alpha value is -2.21. The number of hydrogen-bond acceptors (Lipinski definition) is 2. The number of amides is 1. The lowest BCUT2D eigenvalue weighted by atomic mass is 10.2. The van der Waals surface area contributed by atoms with Crippen molar-refractivity contribution < 1.29 is 9.21 Å². The number of furan rings is 1. The Morgan fingerprint density at radius 2 is 2.24 bits per heavy atom. The molecule has 1 aromatic carbocycles. The molecule has 17 heavy (non-hydrogen) atoms. The first-order chi connectivity index (χ1) is 8.31. The molecule has 0 spiro atoms. The van der Waals surface area contributed by atoms with Gasteiger partial charge in [-0.05, 0) is 19.1 Å². The minimum Gasteiger partial charge on any atom is -0.451 e. The minimum atomic E-state index is -0.195. The van der Waals surface area contributed by atoms with Crippen LogP contribution in [0.4, 0.5) is 0 Å². The summed E-state index contributed by atoms with van der Waals surface area (Å²) in [4.78, 5) is 11.7. The molecule has 86 valence electrons. The van der Waals surface area contributed by atoms with Crippen molar-refractivity contribution in [1.82, 2.24) is 5.32 Å². The SMILES string of the molecule is CC#CCCNC(=O)c1cc2ccccc2o1. The highest BCUT2D eigenvalue weighted by atomic mass is 16.3. The highest BCUT2D eigenvalue weighted by molar-refractivity contribution is 5.96. The van der Waals surface area contributed by atoms with Crippen LogP contribution in [0.25, 0.3) is 11.0 Å². The zero-order valence-electron chi connectivity index (χ0n) is 9.62. The third kappa shape index (κ3) is 2.67. The van der Waals surface area contributed by atoms with Gasteiger partial charge >= 0.3 is 0 Å². The normalized spacial score (nSPS) is 9.71. The Kier molecular flexibility index (Phi) is 3.46. The van der Waals surface area contributed by atoms with Gasteiger partial charge in [0.2, 0.25) is 0 Å². The number of nitrogens with one attached hydrogen (secondary N) is 1. The zero-order valence-corrected chi connectivity index (χ0v) is 9.62. The maximum Gasteiger partial charge on any atom is 0.287 e. The van der Waals surface area contributed by atoms with E-state index in [2.05, 4.69) is 17.2 Å². The molecule has 2 aromatic rings. The molecule has 0 radical (unpaired) electrons. The fourth-order valence-corrected chi connectivity index (χ4v) is 1.54. The molecule has 0 saturated carbocycles. The van der Waals surface area contributed by atoms with E-state index in [1.807, 2.05) is 24.3 Å². The minimum absolute atomic E-state index is 0.195. The molecule has 1 N–H and O–H groups in total. The van der Waals surface area contributed by atoms with E-state index in [9.17, 15) is 4.79 Å². The average Bonchev–Trinajstić information content (AvgIpc) is 2.78. The van der Waals surface area contributed by atoms with E-state index >= 15 is 0 Å². The summed E-state index contributed by atoms with van der Waals surface area (Å²) in [7, 11) is 0. The number of fused-ring (bicyclic) bond motifs is 1. The van der Waals surface area contributed by atoms with Crippen LogP contribution in [-0.4, -0.2) is 12.5 Å². The fourth-order valence-electron chi connectivity index (χ4n) is 1.54. The number of carbonyl (C=O) groups is 1. The quantitative estimate of drug-likeness (QED) is 0.646. The van der Waals surface area contributed by atoms with Gasteiger partial charge in [-0.3, -0.25) is 4.79 Å². The lowest BCUT2D eigenvalue weighted by Gasteiger charge is -1.98. The van der Waals surface area contributed by atoms with Crippen LogP contribution in [0.1, 0.15) is 23.9 Å². The maximum absolute atomic E-state index is 11.7. The van der Waals surface area contributed by atoms with Gasteiger partial charge in [-0.15, -0.1) is 11.8 Å². The van der Waals surface area contributed by atoms with Crippen molar-refractivity contribution in [3.8, 4) is 11.8 Å². The Morgan fingerprint density at radius 3 is 3.00 bits per heavy atom. The van der Waals surface area contributed by atoms with Crippen LogP contribution < -0.4 is 5.32 Å². The summed E-state index contributed by atoms with van der Waals surface area (Å²) in [5.74, 6) is 5.81. The molecule has 1 amide bonds. The second kappa shape index (κ2) is 5.22. The van der Waals surface area contributed by atoms with E-state index in [4.69, 9.17) is 4.42 Å². The first-order valence-corrected chi connectivity index (χ1v) is 5.47. The summed E-state index contributed by atoms with van der Waals surface area (Å²) in [6.07, 6.45) is 0.655. The highest BCUT2D eigenvalue weighted by Crippen LogP contribution is 2.18. The highest BCUT2D eigenvalue weighted by Gasteiger charge is 2.10. The fraction of sp³-hybridized carbons (Fsp3) is 0.214. The molecule has 3 nitrogen and oxygen atoms in total. The van der Waals surface area contributed by atoms with Crippen molar-refractivity contribution in [2.45, 2.75) is 13.3 Å². The van der Waals surface area contributed by atoms with Crippen LogP contribution in [0.15, 0.2) is 34.7 Å². The van der Waals surface area contributed by atoms with Gasteiger partial charge in [0.1, 0.15) is 5.58 Å². The van der Waals surface area contributed by atoms with E-state index < -0.39 is 0 Å². The molecule has 0 aliphatic rings.